The Labute approximate surface area is 122 Å². The molecule has 0 amide bonds. The van der Waals surface area contributed by atoms with Crippen molar-refractivity contribution in [3.63, 3.8) is 0 Å². The molecule has 2 aromatic rings. The van der Waals surface area contributed by atoms with Crippen molar-refractivity contribution in [1.29, 1.82) is 0 Å². The quantitative estimate of drug-likeness (QED) is 0.906. The molecule has 2 aromatic carbocycles. The predicted molar refractivity (Wildman–Crippen MR) is 80.9 cm³/mol. The van der Waals surface area contributed by atoms with Crippen LogP contribution in [0.15, 0.2) is 42.5 Å². The monoisotopic (exact) mass is 292 g/mol. The number of hydrogen-bond acceptors (Lipinski definition) is 2. The number of hydrogen-bond donors (Lipinski definition) is 1. The zero-order valence-electron chi connectivity index (χ0n) is 10.3. The van der Waals surface area contributed by atoms with Crippen molar-refractivity contribution in [3.05, 3.63) is 63.6 Å². The molecule has 1 aliphatic rings. The largest absolute Gasteiger partial charge is 0.365 e. The summed E-state index contributed by atoms with van der Waals surface area (Å²) in [6, 6.07) is 13.8. The van der Waals surface area contributed by atoms with Gasteiger partial charge in [-0.3, -0.25) is 0 Å². The molecule has 0 bridgehead atoms. The average molecular weight is 293 g/mol. The number of nitrogens with zero attached hydrogens (tertiary/aromatic N) is 1. The van der Waals surface area contributed by atoms with Crippen LogP contribution in [0.25, 0.3) is 0 Å². The second kappa shape index (κ2) is 5.04. The van der Waals surface area contributed by atoms with Gasteiger partial charge in [0.15, 0.2) is 0 Å². The standard InChI is InChI=1S/C15H14Cl2N2/c16-11-5-6-15-12(7-11)14(18)9-19(15)8-10-3-1-2-4-13(10)17/h1-7,14H,8-9,18H2/t14-/m0/s1. The summed E-state index contributed by atoms with van der Waals surface area (Å²) in [7, 11) is 0. The zero-order valence-corrected chi connectivity index (χ0v) is 11.8. The first-order valence-corrected chi connectivity index (χ1v) is 6.94. The summed E-state index contributed by atoms with van der Waals surface area (Å²) in [5.74, 6) is 0. The molecule has 0 fully saturated rings. The number of fused-ring (bicyclic) bond motifs is 1. The molecule has 2 N–H and O–H groups in total. The van der Waals surface area contributed by atoms with Crippen LogP contribution >= 0.6 is 23.2 Å². The lowest BCUT2D eigenvalue weighted by Gasteiger charge is -2.20. The first-order valence-electron chi connectivity index (χ1n) is 6.18. The highest BCUT2D eigenvalue weighted by molar-refractivity contribution is 6.31. The van der Waals surface area contributed by atoms with E-state index in [9.17, 15) is 0 Å². The van der Waals surface area contributed by atoms with Gasteiger partial charge in [-0.1, -0.05) is 41.4 Å². The van der Waals surface area contributed by atoms with E-state index in [-0.39, 0.29) is 6.04 Å². The lowest BCUT2D eigenvalue weighted by Crippen LogP contribution is -2.24. The maximum Gasteiger partial charge on any atom is 0.0494 e. The van der Waals surface area contributed by atoms with Gasteiger partial charge in [-0.15, -0.1) is 0 Å². The van der Waals surface area contributed by atoms with Crippen LogP contribution in [0.4, 0.5) is 5.69 Å². The fraction of sp³-hybridized carbons (Fsp3) is 0.200. The van der Waals surface area contributed by atoms with Crippen molar-refractivity contribution in [3.8, 4) is 0 Å². The molecule has 2 nitrogen and oxygen atoms in total. The summed E-state index contributed by atoms with van der Waals surface area (Å²) in [6.07, 6.45) is 0. The molecule has 98 valence electrons. The minimum atomic E-state index is 0.0104. The topological polar surface area (TPSA) is 29.3 Å². The van der Waals surface area contributed by atoms with Gasteiger partial charge < -0.3 is 10.6 Å². The molecule has 19 heavy (non-hydrogen) atoms. The molecule has 0 saturated heterocycles. The Balaban J connectivity index is 1.91. The summed E-state index contributed by atoms with van der Waals surface area (Å²) in [6.45, 7) is 1.56. The molecule has 4 heteroatoms. The second-order valence-electron chi connectivity index (χ2n) is 4.78. The van der Waals surface area contributed by atoms with Crippen LogP contribution in [0.5, 0.6) is 0 Å². The van der Waals surface area contributed by atoms with Gasteiger partial charge in [-0.2, -0.15) is 0 Å². The first kappa shape index (κ1) is 12.8. The van der Waals surface area contributed by atoms with E-state index in [1.165, 1.54) is 0 Å². The van der Waals surface area contributed by atoms with Crippen LogP contribution in [-0.2, 0) is 6.54 Å². The van der Waals surface area contributed by atoms with Crippen LogP contribution in [0.1, 0.15) is 17.2 Å². The van der Waals surface area contributed by atoms with Gasteiger partial charge in [0.25, 0.3) is 0 Å². The Kier molecular flexibility index (Phi) is 3.40. The van der Waals surface area contributed by atoms with Gasteiger partial charge in [0.05, 0.1) is 0 Å². The Bertz CT molecular complexity index is 613. The predicted octanol–water partition coefficient (Wildman–Crippen LogP) is 4.01. The third-order valence-corrected chi connectivity index (χ3v) is 4.07. The van der Waals surface area contributed by atoms with Crippen molar-refractivity contribution in [2.75, 3.05) is 11.4 Å². The summed E-state index contributed by atoms with van der Waals surface area (Å²) in [4.78, 5) is 2.25. The highest BCUT2D eigenvalue weighted by Crippen LogP contribution is 2.36. The van der Waals surface area contributed by atoms with E-state index in [1.54, 1.807) is 0 Å². The van der Waals surface area contributed by atoms with Gasteiger partial charge in [0, 0.05) is 34.9 Å². The minimum absolute atomic E-state index is 0.0104. The zero-order chi connectivity index (χ0) is 13.4. The van der Waals surface area contributed by atoms with Gasteiger partial charge in [0.2, 0.25) is 0 Å². The minimum Gasteiger partial charge on any atom is -0.365 e. The number of rotatable bonds is 2. The van der Waals surface area contributed by atoms with E-state index in [1.807, 2.05) is 42.5 Å². The number of anilines is 1. The van der Waals surface area contributed by atoms with Crippen LogP contribution in [0.3, 0.4) is 0 Å². The molecule has 0 aliphatic carbocycles. The third-order valence-electron chi connectivity index (χ3n) is 3.47. The number of halogens is 2. The SMILES string of the molecule is N[C@H]1CN(Cc2ccccc2Cl)c2ccc(Cl)cc21. The lowest BCUT2D eigenvalue weighted by molar-refractivity contribution is 0.720. The van der Waals surface area contributed by atoms with Gasteiger partial charge >= 0.3 is 0 Å². The molecule has 0 spiro atoms. The van der Waals surface area contributed by atoms with Crippen molar-refractivity contribution in [2.45, 2.75) is 12.6 Å². The third kappa shape index (κ3) is 2.44. The summed E-state index contributed by atoms with van der Waals surface area (Å²) in [5, 5.41) is 1.52. The van der Waals surface area contributed by atoms with Crippen LogP contribution in [0.2, 0.25) is 10.0 Å². The number of benzene rings is 2. The number of nitrogens with two attached hydrogens (primary N) is 1. The Morgan fingerprint density at radius 2 is 1.95 bits per heavy atom. The maximum atomic E-state index is 6.21. The fourth-order valence-electron chi connectivity index (χ4n) is 2.53. The van der Waals surface area contributed by atoms with E-state index in [4.69, 9.17) is 28.9 Å². The lowest BCUT2D eigenvalue weighted by atomic mass is 10.1. The fourth-order valence-corrected chi connectivity index (χ4v) is 2.90. The highest BCUT2D eigenvalue weighted by Gasteiger charge is 2.26. The van der Waals surface area contributed by atoms with Crippen molar-refractivity contribution in [1.82, 2.24) is 0 Å². The molecule has 0 aromatic heterocycles. The summed E-state index contributed by atoms with van der Waals surface area (Å²) in [5.41, 5.74) is 9.53. The first-order chi connectivity index (χ1) is 9.15. The molecule has 0 unspecified atom stereocenters. The van der Waals surface area contributed by atoms with Crippen LogP contribution in [0, 0.1) is 0 Å². The molecular formula is C15H14Cl2N2. The smallest absolute Gasteiger partial charge is 0.0494 e. The van der Waals surface area contributed by atoms with Crippen molar-refractivity contribution >= 4 is 28.9 Å². The molecular weight excluding hydrogens is 279 g/mol. The van der Waals surface area contributed by atoms with E-state index in [2.05, 4.69) is 4.90 Å². The van der Waals surface area contributed by atoms with Crippen molar-refractivity contribution < 1.29 is 0 Å². The second-order valence-corrected chi connectivity index (χ2v) is 5.63. The van der Waals surface area contributed by atoms with Crippen LogP contribution in [-0.4, -0.2) is 6.54 Å². The Hall–Kier alpha value is -1.22. The molecule has 0 saturated carbocycles. The van der Waals surface area contributed by atoms with E-state index in [0.29, 0.717) is 0 Å². The molecule has 0 radical (unpaired) electrons. The van der Waals surface area contributed by atoms with E-state index >= 15 is 0 Å². The highest BCUT2D eigenvalue weighted by atomic mass is 35.5. The maximum absolute atomic E-state index is 6.21. The van der Waals surface area contributed by atoms with E-state index < -0.39 is 0 Å². The summed E-state index contributed by atoms with van der Waals surface area (Å²) < 4.78 is 0. The molecule has 1 atom stereocenters. The van der Waals surface area contributed by atoms with Gasteiger partial charge in [-0.25, -0.2) is 0 Å². The molecule has 1 heterocycles. The molecule has 3 rings (SSSR count). The molecule has 1 aliphatic heterocycles. The Morgan fingerprint density at radius 1 is 1.16 bits per heavy atom. The normalized spacial score (nSPS) is 17.6. The van der Waals surface area contributed by atoms with Crippen molar-refractivity contribution in [2.24, 2.45) is 5.73 Å². The van der Waals surface area contributed by atoms with E-state index in [0.717, 1.165) is 39.9 Å². The Morgan fingerprint density at radius 3 is 2.74 bits per heavy atom. The van der Waals surface area contributed by atoms with Crippen LogP contribution < -0.4 is 10.6 Å². The summed E-state index contributed by atoms with van der Waals surface area (Å²) >= 11 is 12.2. The van der Waals surface area contributed by atoms with Gasteiger partial charge in [0.1, 0.15) is 0 Å². The van der Waals surface area contributed by atoms with Gasteiger partial charge in [-0.05, 0) is 35.4 Å². The average Bonchev–Trinajstić information content (AvgIpc) is 2.69.